The fourth-order valence-electron chi connectivity index (χ4n) is 2.02. The molecule has 1 N–H and O–H groups in total. The van der Waals surface area contributed by atoms with Gasteiger partial charge >= 0.3 is 6.03 Å². The molecule has 0 spiro atoms. The lowest BCUT2D eigenvalue weighted by atomic mass is 9.96. The van der Waals surface area contributed by atoms with Crippen molar-refractivity contribution in [1.29, 1.82) is 0 Å². The van der Waals surface area contributed by atoms with Gasteiger partial charge in [0, 0.05) is 18.8 Å². The minimum atomic E-state index is -0.0117. The predicted octanol–water partition coefficient (Wildman–Crippen LogP) is 4.29. The van der Waals surface area contributed by atoms with Crippen molar-refractivity contribution in [1.82, 2.24) is 4.90 Å². The largest absolute Gasteiger partial charge is 0.324 e. The summed E-state index contributed by atoms with van der Waals surface area (Å²) < 4.78 is 0. The molecule has 1 aromatic rings. The van der Waals surface area contributed by atoms with E-state index in [4.69, 9.17) is 0 Å². The van der Waals surface area contributed by atoms with Crippen LogP contribution >= 0.6 is 0 Å². The average Bonchev–Trinajstić information content (AvgIpc) is 2.26. The van der Waals surface area contributed by atoms with Gasteiger partial charge in [-0.2, -0.15) is 0 Å². The number of hydrogen-bond acceptors (Lipinski definition) is 1. The summed E-state index contributed by atoms with van der Waals surface area (Å²) in [7, 11) is 0. The lowest BCUT2D eigenvalue weighted by Crippen LogP contribution is -2.40. The number of carbonyl (C=O) groups is 1. The molecule has 0 unspecified atom stereocenters. The van der Waals surface area contributed by atoms with E-state index in [9.17, 15) is 4.79 Å². The second kappa shape index (κ2) is 6.60. The van der Waals surface area contributed by atoms with Crippen LogP contribution in [0.2, 0.25) is 0 Å². The summed E-state index contributed by atoms with van der Waals surface area (Å²) in [5.74, 6) is 0. The van der Waals surface area contributed by atoms with Crippen molar-refractivity contribution in [2.75, 3.05) is 18.4 Å². The third-order valence-corrected chi connectivity index (χ3v) is 2.72. The highest BCUT2D eigenvalue weighted by Crippen LogP contribution is 2.17. The number of aryl methyl sites for hydroxylation is 1. The molecule has 106 valence electrons. The molecule has 1 rings (SSSR count). The molecule has 0 atom stereocenters. The monoisotopic (exact) mass is 262 g/mol. The van der Waals surface area contributed by atoms with E-state index < -0.39 is 0 Å². The minimum Gasteiger partial charge on any atom is -0.324 e. The molecule has 0 saturated heterocycles. The SMILES string of the molecule is CCCN(CC(C)(C)C)C(=O)Nc1cccc(C)c1. The first-order valence-corrected chi connectivity index (χ1v) is 6.94. The van der Waals surface area contributed by atoms with Crippen LogP contribution in [0, 0.1) is 12.3 Å². The summed E-state index contributed by atoms with van der Waals surface area (Å²) in [6.45, 7) is 12.1. The van der Waals surface area contributed by atoms with Gasteiger partial charge in [-0.25, -0.2) is 4.79 Å². The first-order valence-electron chi connectivity index (χ1n) is 6.94. The normalized spacial score (nSPS) is 11.2. The van der Waals surface area contributed by atoms with Gasteiger partial charge in [-0.05, 0) is 36.5 Å². The molecule has 0 aliphatic heterocycles. The molecular weight excluding hydrogens is 236 g/mol. The lowest BCUT2D eigenvalue weighted by Gasteiger charge is -2.30. The summed E-state index contributed by atoms with van der Waals surface area (Å²) in [6.07, 6.45) is 0.970. The Kier molecular flexibility index (Phi) is 5.40. The molecule has 0 bridgehead atoms. The molecule has 0 aromatic heterocycles. The molecule has 19 heavy (non-hydrogen) atoms. The number of anilines is 1. The van der Waals surface area contributed by atoms with E-state index in [0.717, 1.165) is 30.8 Å². The quantitative estimate of drug-likeness (QED) is 0.862. The Morgan fingerprint density at radius 2 is 2.00 bits per heavy atom. The summed E-state index contributed by atoms with van der Waals surface area (Å²) >= 11 is 0. The van der Waals surface area contributed by atoms with Crippen molar-refractivity contribution in [3.63, 3.8) is 0 Å². The maximum Gasteiger partial charge on any atom is 0.321 e. The highest BCUT2D eigenvalue weighted by atomic mass is 16.2. The van der Waals surface area contributed by atoms with Crippen LogP contribution in [0.15, 0.2) is 24.3 Å². The maximum absolute atomic E-state index is 12.3. The first-order chi connectivity index (χ1) is 8.81. The zero-order valence-electron chi connectivity index (χ0n) is 12.8. The van der Waals surface area contributed by atoms with E-state index in [1.165, 1.54) is 0 Å². The van der Waals surface area contributed by atoms with Gasteiger partial charge < -0.3 is 10.2 Å². The van der Waals surface area contributed by atoms with Crippen LogP contribution in [-0.4, -0.2) is 24.0 Å². The summed E-state index contributed by atoms with van der Waals surface area (Å²) in [5.41, 5.74) is 2.12. The van der Waals surface area contributed by atoms with E-state index in [-0.39, 0.29) is 11.4 Å². The maximum atomic E-state index is 12.3. The Morgan fingerprint density at radius 1 is 1.32 bits per heavy atom. The Labute approximate surface area is 117 Å². The van der Waals surface area contributed by atoms with Crippen molar-refractivity contribution in [2.24, 2.45) is 5.41 Å². The molecule has 0 radical (unpaired) electrons. The molecule has 0 aliphatic rings. The van der Waals surface area contributed by atoms with E-state index in [0.29, 0.717) is 0 Å². The number of benzene rings is 1. The number of urea groups is 1. The summed E-state index contributed by atoms with van der Waals surface area (Å²) in [6, 6.07) is 7.88. The minimum absolute atomic E-state index is 0.0117. The molecule has 3 heteroatoms. The van der Waals surface area contributed by atoms with E-state index >= 15 is 0 Å². The first kappa shape index (κ1) is 15.5. The number of nitrogens with one attached hydrogen (secondary N) is 1. The zero-order valence-corrected chi connectivity index (χ0v) is 12.8. The van der Waals surface area contributed by atoms with Crippen LogP contribution < -0.4 is 5.32 Å². The fraction of sp³-hybridized carbons (Fsp3) is 0.562. The van der Waals surface area contributed by atoms with Crippen LogP contribution in [0.3, 0.4) is 0 Å². The average molecular weight is 262 g/mol. The second-order valence-electron chi connectivity index (χ2n) is 6.28. The third kappa shape index (κ3) is 5.77. The molecular formula is C16H26N2O. The molecule has 0 fully saturated rings. The standard InChI is InChI=1S/C16H26N2O/c1-6-10-18(12-16(3,4)5)15(19)17-14-9-7-8-13(2)11-14/h7-9,11H,6,10,12H2,1-5H3,(H,17,19). The Bertz CT molecular complexity index is 421. The number of hydrogen-bond donors (Lipinski definition) is 1. The number of amides is 2. The molecule has 0 saturated carbocycles. The second-order valence-corrected chi connectivity index (χ2v) is 6.28. The van der Waals surface area contributed by atoms with Crippen LogP contribution in [0.4, 0.5) is 10.5 Å². The molecule has 1 aromatic carbocycles. The van der Waals surface area contributed by atoms with Crippen LogP contribution in [0.1, 0.15) is 39.7 Å². The van der Waals surface area contributed by atoms with Crippen molar-refractivity contribution in [3.05, 3.63) is 29.8 Å². The number of rotatable bonds is 4. The zero-order chi connectivity index (χ0) is 14.5. The van der Waals surface area contributed by atoms with Gasteiger partial charge in [-0.3, -0.25) is 0 Å². The van der Waals surface area contributed by atoms with Crippen molar-refractivity contribution < 1.29 is 4.79 Å². The van der Waals surface area contributed by atoms with Gasteiger partial charge in [0.2, 0.25) is 0 Å². The third-order valence-electron chi connectivity index (χ3n) is 2.72. The van der Waals surface area contributed by atoms with Crippen molar-refractivity contribution in [2.45, 2.75) is 41.0 Å². The van der Waals surface area contributed by atoms with E-state index in [1.807, 2.05) is 36.1 Å². The van der Waals surface area contributed by atoms with Crippen LogP contribution in [0.25, 0.3) is 0 Å². The highest BCUT2D eigenvalue weighted by Gasteiger charge is 2.20. The molecule has 0 aliphatic carbocycles. The van der Waals surface area contributed by atoms with Crippen LogP contribution in [0.5, 0.6) is 0 Å². The Hall–Kier alpha value is -1.51. The lowest BCUT2D eigenvalue weighted by molar-refractivity contribution is 0.185. The Balaban J connectivity index is 2.71. The molecule has 0 heterocycles. The number of carbonyl (C=O) groups excluding carboxylic acids is 1. The van der Waals surface area contributed by atoms with Gasteiger partial charge in [0.25, 0.3) is 0 Å². The van der Waals surface area contributed by atoms with Crippen molar-refractivity contribution >= 4 is 11.7 Å². The molecule has 3 nitrogen and oxygen atoms in total. The fourth-order valence-corrected chi connectivity index (χ4v) is 2.02. The van der Waals surface area contributed by atoms with Gasteiger partial charge in [0.15, 0.2) is 0 Å². The topological polar surface area (TPSA) is 32.3 Å². The van der Waals surface area contributed by atoms with Gasteiger partial charge in [-0.15, -0.1) is 0 Å². The van der Waals surface area contributed by atoms with E-state index in [1.54, 1.807) is 0 Å². The highest BCUT2D eigenvalue weighted by molar-refractivity contribution is 5.89. The van der Waals surface area contributed by atoms with Gasteiger partial charge in [-0.1, -0.05) is 39.8 Å². The summed E-state index contributed by atoms with van der Waals surface area (Å²) in [4.78, 5) is 14.2. The summed E-state index contributed by atoms with van der Waals surface area (Å²) in [5, 5.41) is 2.98. The molecule has 2 amide bonds. The predicted molar refractivity (Wildman–Crippen MR) is 81.5 cm³/mol. The van der Waals surface area contributed by atoms with Gasteiger partial charge in [0.05, 0.1) is 0 Å². The van der Waals surface area contributed by atoms with Gasteiger partial charge in [0.1, 0.15) is 0 Å². The number of nitrogens with zero attached hydrogens (tertiary/aromatic N) is 1. The smallest absolute Gasteiger partial charge is 0.321 e. The Morgan fingerprint density at radius 3 is 2.53 bits per heavy atom. The van der Waals surface area contributed by atoms with Crippen LogP contribution in [-0.2, 0) is 0 Å². The van der Waals surface area contributed by atoms with E-state index in [2.05, 4.69) is 33.0 Å². The van der Waals surface area contributed by atoms with Crippen molar-refractivity contribution in [3.8, 4) is 0 Å².